The maximum absolute atomic E-state index is 12.1. The number of hydrogen-bond acceptors (Lipinski definition) is 4. The smallest absolute Gasteiger partial charge is 0.292 e. The number of hydrogen-bond donors (Lipinski definition) is 2. The molecule has 3 rings (SSSR count). The van der Waals surface area contributed by atoms with Crippen molar-refractivity contribution in [3.05, 3.63) is 41.1 Å². The fourth-order valence-electron chi connectivity index (χ4n) is 2.40. The van der Waals surface area contributed by atoms with Gasteiger partial charge >= 0.3 is 0 Å². The van der Waals surface area contributed by atoms with E-state index < -0.39 is 0 Å². The normalized spacial score (nSPS) is 14.9. The molecule has 20 heavy (non-hydrogen) atoms. The lowest BCUT2D eigenvalue weighted by atomic mass is 9.96. The molecule has 2 aromatic heterocycles. The minimum absolute atomic E-state index is 0.282. The van der Waals surface area contributed by atoms with Crippen molar-refractivity contribution in [1.82, 2.24) is 15.6 Å². The third-order valence-corrected chi connectivity index (χ3v) is 3.47. The second-order valence-corrected chi connectivity index (χ2v) is 4.85. The third kappa shape index (κ3) is 2.36. The number of nitrogens with zero attached hydrogens (tertiary/aromatic N) is 2. The van der Waals surface area contributed by atoms with Gasteiger partial charge in [0.1, 0.15) is 11.5 Å². The summed E-state index contributed by atoms with van der Waals surface area (Å²) in [6, 6.07) is 3.57. The number of carbonyl (C=O) groups excluding carboxylic acids is 1. The molecule has 0 aromatic carbocycles. The van der Waals surface area contributed by atoms with E-state index in [0.717, 1.165) is 36.9 Å². The fraction of sp³-hybridized carbons (Fsp3) is 0.357. The molecule has 1 aliphatic rings. The molecule has 0 aliphatic heterocycles. The van der Waals surface area contributed by atoms with Crippen LogP contribution in [-0.2, 0) is 12.8 Å². The van der Waals surface area contributed by atoms with Gasteiger partial charge in [-0.15, -0.1) is 0 Å². The molecule has 104 valence electrons. The molecule has 0 saturated heterocycles. The summed E-state index contributed by atoms with van der Waals surface area (Å²) in [6.45, 7) is 1.78. The highest BCUT2D eigenvalue weighted by Gasteiger charge is 2.21. The van der Waals surface area contributed by atoms with Crippen molar-refractivity contribution in [3.63, 3.8) is 0 Å². The van der Waals surface area contributed by atoms with Gasteiger partial charge in [-0.25, -0.2) is 5.43 Å². The average Bonchev–Trinajstić information content (AvgIpc) is 3.13. The number of fused-ring (bicyclic) bond motifs is 1. The van der Waals surface area contributed by atoms with Crippen molar-refractivity contribution in [1.29, 1.82) is 0 Å². The number of aromatic nitrogens is 2. The van der Waals surface area contributed by atoms with Gasteiger partial charge in [0, 0.05) is 11.3 Å². The van der Waals surface area contributed by atoms with Crippen LogP contribution < -0.4 is 5.43 Å². The summed E-state index contributed by atoms with van der Waals surface area (Å²) in [6.07, 6.45) is 5.67. The molecule has 2 aromatic rings. The fourth-order valence-corrected chi connectivity index (χ4v) is 2.40. The van der Waals surface area contributed by atoms with Crippen molar-refractivity contribution in [2.24, 2.45) is 5.10 Å². The Balaban J connectivity index is 1.74. The van der Waals surface area contributed by atoms with Crippen molar-refractivity contribution in [2.45, 2.75) is 32.6 Å². The molecular weight excluding hydrogens is 256 g/mol. The van der Waals surface area contributed by atoms with E-state index in [1.54, 1.807) is 25.3 Å². The standard InChI is InChI=1S/C14H16N4O2/c1-9(12-7-4-8-20-12)15-18-14(19)13-10-5-2-3-6-11(10)16-17-13/h4,7-8H,2-3,5-6H2,1H3,(H,16,17)(H,18,19)/b15-9+. The number of nitrogens with one attached hydrogen (secondary N) is 2. The molecule has 0 radical (unpaired) electrons. The first-order valence-electron chi connectivity index (χ1n) is 6.70. The van der Waals surface area contributed by atoms with Crippen molar-refractivity contribution >= 4 is 11.6 Å². The molecule has 6 nitrogen and oxygen atoms in total. The van der Waals surface area contributed by atoms with Crippen LogP contribution in [0.3, 0.4) is 0 Å². The lowest BCUT2D eigenvalue weighted by molar-refractivity contribution is 0.0948. The lowest BCUT2D eigenvalue weighted by Crippen LogP contribution is -2.21. The Morgan fingerprint density at radius 1 is 1.45 bits per heavy atom. The Labute approximate surface area is 116 Å². The van der Waals surface area contributed by atoms with E-state index in [9.17, 15) is 4.79 Å². The maximum atomic E-state index is 12.1. The molecule has 0 atom stereocenters. The molecule has 0 unspecified atom stereocenters. The first kappa shape index (κ1) is 12.7. The first-order chi connectivity index (χ1) is 9.75. The zero-order chi connectivity index (χ0) is 13.9. The monoisotopic (exact) mass is 272 g/mol. The van der Waals surface area contributed by atoms with E-state index in [1.807, 2.05) is 0 Å². The van der Waals surface area contributed by atoms with Crippen molar-refractivity contribution < 1.29 is 9.21 Å². The molecule has 2 heterocycles. The molecule has 6 heteroatoms. The van der Waals surface area contributed by atoms with Crippen LogP contribution in [-0.4, -0.2) is 21.8 Å². The summed E-state index contributed by atoms with van der Waals surface area (Å²) in [5.74, 6) is 0.352. The molecule has 0 saturated carbocycles. The van der Waals surface area contributed by atoms with Crippen LogP contribution in [0.15, 0.2) is 27.9 Å². The lowest BCUT2D eigenvalue weighted by Gasteiger charge is -2.10. The average molecular weight is 272 g/mol. The van der Waals surface area contributed by atoms with Gasteiger partial charge in [0.2, 0.25) is 0 Å². The third-order valence-electron chi connectivity index (χ3n) is 3.47. The van der Waals surface area contributed by atoms with E-state index in [4.69, 9.17) is 4.42 Å². The number of hydrazone groups is 1. The van der Waals surface area contributed by atoms with Gasteiger partial charge in [-0.3, -0.25) is 9.89 Å². The maximum Gasteiger partial charge on any atom is 0.292 e. The Kier molecular flexibility index (Phi) is 3.37. The molecule has 0 spiro atoms. The van der Waals surface area contributed by atoms with Gasteiger partial charge in [-0.2, -0.15) is 10.2 Å². The molecular formula is C14H16N4O2. The minimum Gasteiger partial charge on any atom is -0.463 e. The van der Waals surface area contributed by atoms with Gasteiger partial charge in [0.25, 0.3) is 5.91 Å². The Morgan fingerprint density at radius 2 is 2.30 bits per heavy atom. The number of furan rings is 1. The van der Waals surface area contributed by atoms with Crippen LogP contribution in [0.25, 0.3) is 0 Å². The minimum atomic E-state index is -0.282. The highest BCUT2D eigenvalue weighted by atomic mass is 16.3. The summed E-state index contributed by atoms with van der Waals surface area (Å²) in [7, 11) is 0. The molecule has 0 fully saturated rings. The summed E-state index contributed by atoms with van der Waals surface area (Å²) >= 11 is 0. The predicted molar refractivity (Wildman–Crippen MR) is 73.6 cm³/mol. The topological polar surface area (TPSA) is 83.3 Å². The number of amides is 1. The Hall–Kier alpha value is -2.37. The van der Waals surface area contributed by atoms with Crippen LogP contribution in [0.4, 0.5) is 0 Å². The van der Waals surface area contributed by atoms with Crippen LogP contribution in [0.1, 0.15) is 47.3 Å². The number of aryl methyl sites for hydroxylation is 1. The number of aromatic amines is 1. The van der Waals surface area contributed by atoms with Crippen LogP contribution >= 0.6 is 0 Å². The van der Waals surface area contributed by atoms with Gasteiger partial charge in [0.05, 0.1) is 6.26 Å². The van der Waals surface area contributed by atoms with Crippen LogP contribution in [0, 0.1) is 0 Å². The highest BCUT2D eigenvalue weighted by molar-refractivity contribution is 5.99. The quantitative estimate of drug-likeness (QED) is 0.662. The van der Waals surface area contributed by atoms with Crippen LogP contribution in [0.2, 0.25) is 0 Å². The predicted octanol–water partition coefficient (Wildman–Crippen LogP) is 2.04. The number of H-pyrrole nitrogens is 1. The molecule has 1 amide bonds. The van der Waals surface area contributed by atoms with Gasteiger partial charge < -0.3 is 4.42 Å². The SMILES string of the molecule is C/C(=N\NC(=O)c1n[nH]c2c1CCCC2)c1ccco1. The summed E-state index contributed by atoms with van der Waals surface area (Å²) < 4.78 is 5.20. The Bertz CT molecular complexity index is 640. The summed E-state index contributed by atoms with van der Waals surface area (Å²) in [5.41, 5.74) is 5.71. The van der Waals surface area contributed by atoms with E-state index in [1.165, 1.54) is 0 Å². The first-order valence-corrected chi connectivity index (χ1v) is 6.70. The second-order valence-electron chi connectivity index (χ2n) is 4.85. The van der Waals surface area contributed by atoms with E-state index in [0.29, 0.717) is 17.2 Å². The van der Waals surface area contributed by atoms with Gasteiger partial charge in [0.15, 0.2) is 5.69 Å². The van der Waals surface area contributed by atoms with Gasteiger partial charge in [-0.05, 0) is 44.7 Å². The molecule has 2 N–H and O–H groups in total. The van der Waals surface area contributed by atoms with E-state index in [-0.39, 0.29) is 5.91 Å². The number of rotatable bonds is 3. The van der Waals surface area contributed by atoms with Crippen molar-refractivity contribution in [2.75, 3.05) is 0 Å². The summed E-state index contributed by atoms with van der Waals surface area (Å²) in [4.78, 5) is 12.1. The summed E-state index contributed by atoms with van der Waals surface area (Å²) in [5, 5.41) is 11.1. The highest BCUT2D eigenvalue weighted by Crippen LogP contribution is 2.21. The zero-order valence-electron chi connectivity index (χ0n) is 11.3. The van der Waals surface area contributed by atoms with Crippen molar-refractivity contribution in [3.8, 4) is 0 Å². The van der Waals surface area contributed by atoms with Crippen LogP contribution in [0.5, 0.6) is 0 Å². The molecule has 1 aliphatic carbocycles. The second kappa shape index (κ2) is 5.32. The largest absolute Gasteiger partial charge is 0.463 e. The molecule has 0 bridgehead atoms. The van der Waals surface area contributed by atoms with E-state index in [2.05, 4.69) is 20.7 Å². The van der Waals surface area contributed by atoms with E-state index >= 15 is 0 Å². The number of carbonyl (C=O) groups is 1. The zero-order valence-corrected chi connectivity index (χ0v) is 11.3. The Morgan fingerprint density at radius 3 is 3.10 bits per heavy atom. The van der Waals surface area contributed by atoms with Gasteiger partial charge in [-0.1, -0.05) is 0 Å².